The minimum atomic E-state index is -1.24. The maximum atomic E-state index is 13.4. The Kier molecular flexibility index (Phi) is 2.46. The molecule has 0 amide bonds. The number of aliphatic hydroxyl groups excluding tert-OH is 1. The lowest BCUT2D eigenvalue weighted by Gasteiger charge is -2.27. The maximum absolute atomic E-state index is 13.4. The van der Waals surface area contributed by atoms with Crippen LogP contribution in [0, 0.1) is 17.5 Å². The summed E-state index contributed by atoms with van der Waals surface area (Å²) in [4.78, 5) is 0. The smallest absolute Gasteiger partial charge is 0.165 e. The van der Waals surface area contributed by atoms with Gasteiger partial charge < -0.3 is 5.11 Å². The average Bonchev–Trinajstić information content (AvgIpc) is 2.18. The Morgan fingerprint density at radius 2 is 1.80 bits per heavy atom. The highest BCUT2D eigenvalue weighted by Crippen LogP contribution is 2.40. The van der Waals surface area contributed by atoms with Crippen LogP contribution in [0.3, 0.4) is 0 Å². The molecule has 0 aliphatic heterocycles. The number of benzene rings is 1. The molecule has 1 aliphatic carbocycles. The van der Waals surface area contributed by atoms with Gasteiger partial charge in [-0.15, -0.1) is 0 Å². The van der Waals surface area contributed by atoms with Gasteiger partial charge in [-0.1, -0.05) is 6.92 Å². The standard InChI is InChI=1S/C11H11F3O/c1-5-2-3-8(15)10-9(5)6(12)4-7(13)11(10)14/h4-5,8,15H,2-3H2,1H3/t5?,8-/m0/s1. The van der Waals surface area contributed by atoms with E-state index >= 15 is 0 Å². The first-order valence-corrected chi connectivity index (χ1v) is 4.87. The molecule has 0 fully saturated rings. The Morgan fingerprint density at radius 1 is 1.13 bits per heavy atom. The highest BCUT2D eigenvalue weighted by molar-refractivity contribution is 5.37. The van der Waals surface area contributed by atoms with Crippen LogP contribution in [-0.2, 0) is 0 Å². The third-order valence-corrected chi connectivity index (χ3v) is 2.95. The third kappa shape index (κ3) is 1.53. The van der Waals surface area contributed by atoms with Crippen LogP contribution in [0.5, 0.6) is 0 Å². The molecule has 1 N–H and O–H groups in total. The molecular weight excluding hydrogens is 205 g/mol. The number of fused-ring (bicyclic) bond motifs is 1. The van der Waals surface area contributed by atoms with Gasteiger partial charge in [-0.25, -0.2) is 13.2 Å². The third-order valence-electron chi connectivity index (χ3n) is 2.95. The molecule has 15 heavy (non-hydrogen) atoms. The number of hydrogen-bond acceptors (Lipinski definition) is 1. The summed E-state index contributed by atoms with van der Waals surface area (Å²) in [5.41, 5.74) is -0.0844. The molecule has 1 nitrogen and oxygen atoms in total. The molecule has 0 saturated heterocycles. The van der Waals surface area contributed by atoms with Gasteiger partial charge in [0.05, 0.1) is 6.10 Å². The van der Waals surface area contributed by atoms with Gasteiger partial charge in [0.25, 0.3) is 0 Å². The summed E-state index contributed by atoms with van der Waals surface area (Å²) in [6, 6.07) is 0.544. The van der Waals surface area contributed by atoms with Crippen molar-refractivity contribution < 1.29 is 18.3 Å². The van der Waals surface area contributed by atoms with E-state index in [-0.39, 0.29) is 17.0 Å². The molecule has 4 heteroatoms. The van der Waals surface area contributed by atoms with Crippen LogP contribution in [0.15, 0.2) is 6.07 Å². The summed E-state index contributed by atoms with van der Waals surface area (Å²) >= 11 is 0. The summed E-state index contributed by atoms with van der Waals surface area (Å²) in [7, 11) is 0. The van der Waals surface area contributed by atoms with Crippen molar-refractivity contribution in [3.8, 4) is 0 Å². The van der Waals surface area contributed by atoms with Gasteiger partial charge in [0.15, 0.2) is 11.6 Å². The number of rotatable bonds is 0. The monoisotopic (exact) mass is 216 g/mol. The van der Waals surface area contributed by atoms with Crippen molar-refractivity contribution in [1.29, 1.82) is 0 Å². The Bertz CT molecular complexity index is 403. The van der Waals surface area contributed by atoms with Crippen molar-refractivity contribution in [1.82, 2.24) is 0 Å². The van der Waals surface area contributed by atoms with Crippen LogP contribution in [-0.4, -0.2) is 5.11 Å². The zero-order valence-electron chi connectivity index (χ0n) is 8.23. The molecule has 1 aromatic carbocycles. The molecule has 2 atom stereocenters. The van der Waals surface area contributed by atoms with Crippen LogP contribution in [0.2, 0.25) is 0 Å². The van der Waals surface area contributed by atoms with Gasteiger partial charge in [0.2, 0.25) is 0 Å². The zero-order chi connectivity index (χ0) is 11.2. The summed E-state index contributed by atoms with van der Waals surface area (Å²) in [5, 5.41) is 9.54. The van der Waals surface area contributed by atoms with Gasteiger partial charge in [-0.2, -0.15) is 0 Å². The summed E-state index contributed by atoms with van der Waals surface area (Å²) in [6.45, 7) is 1.74. The minimum Gasteiger partial charge on any atom is -0.388 e. The van der Waals surface area contributed by atoms with Crippen molar-refractivity contribution >= 4 is 0 Å². The van der Waals surface area contributed by atoms with Crippen LogP contribution < -0.4 is 0 Å². The van der Waals surface area contributed by atoms with Gasteiger partial charge in [-0.05, 0) is 24.3 Å². The first-order valence-electron chi connectivity index (χ1n) is 4.87. The second-order valence-electron chi connectivity index (χ2n) is 3.98. The molecule has 0 aromatic heterocycles. The number of aliphatic hydroxyl groups is 1. The Morgan fingerprint density at radius 3 is 2.47 bits per heavy atom. The summed E-state index contributed by atoms with van der Waals surface area (Å²) < 4.78 is 39.7. The minimum absolute atomic E-state index is 0.118. The van der Waals surface area contributed by atoms with E-state index in [9.17, 15) is 18.3 Å². The van der Waals surface area contributed by atoms with Crippen LogP contribution in [0.1, 0.15) is 42.9 Å². The fourth-order valence-electron chi connectivity index (χ4n) is 2.15. The van der Waals surface area contributed by atoms with Crippen LogP contribution >= 0.6 is 0 Å². The molecule has 2 rings (SSSR count). The highest BCUT2D eigenvalue weighted by Gasteiger charge is 2.31. The van der Waals surface area contributed by atoms with Crippen LogP contribution in [0.25, 0.3) is 0 Å². The quantitative estimate of drug-likeness (QED) is 0.661. The van der Waals surface area contributed by atoms with Crippen molar-refractivity contribution in [3.63, 3.8) is 0 Å². The van der Waals surface area contributed by atoms with E-state index in [0.29, 0.717) is 18.9 Å². The van der Waals surface area contributed by atoms with Crippen molar-refractivity contribution in [3.05, 3.63) is 34.6 Å². The van der Waals surface area contributed by atoms with E-state index in [1.807, 2.05) is 0 Å². The largest absolute Gasteiger partial charge is 0.388 e. The van der Waals surface area contributed by atoms with Crippen LogP contribution in [0.4, 0.5) is 13.2 Å². The zero-order valence-corrected chi connectivity index (χ0v) is 8.23. The van der Waals surface area contributed by atoms with Gasteiger partial charge in [0, 0.05) is 11.6 Å². The Hall–Kier alpha value is -1.03. The number of hydrogen-bond donors (Lipinski definition) is 1. The molecule has 1 aliphatic rings. The molecule has 0 spiro atoms. The molecule has 82 valence electrons. The topological polar surface area (TPSA) is 20.2 Å². The predicted octanol–water partition coefficient (Wildman–Crippen LogP) is 3.03. The Balaban J connectivity index is 2.71. The van der Waals surface area contributed by atoms with Crippen molar-refractivity contribution in [2.75, 3.05) is 0 Å². The van der Waals surface area contributed by atoms with E-state index in [0.717, 1.165) is 0 Å². The lowest BCUT2D eigenvalue weighted by molar-refractivity contribution is 0.144. The molecule has 0 heterocycles. The molecule has 1 unspecified atom stereocenters. The van der Waals surface area contributed by atoms with E-state index in [4.69, 9.17) is 0 Å². The van der Waals surface area contributed by atoms with E-state index in [1.54, 1.807) is 6.92 Å². The van der Waals surface area contributed by atoms with Crippen molar-refractivity contribution in [2.45, 2.75) is 31.8 Å². The Labute approximate surface area is 85.5 Å². The fraction of sp³-hybridized carbons (Fsp3) is 0.455. The molecular formula is C11H11F3O. The lowest BCUT2D eigenvalue weighted by Crippen LogP contribution is -2.17. The molecule has 1 aromatic rings. The first-order chi connectivity index (χ1) is 7.02. The summed E-state index contributed by atoms with van der Waals surface area (Å²) in [5.74, 6) is -3.31. The molecule has 0 bridgehead atoms. The van der Waals surface area contributed by atoms with Crippen molar-refractivity contribution in [2.24, 2.45) is 0 Å². The maximum Gasteiger partial charge on any atom is 0.165 e. The fourth-order valence-corrected chi connectivity index (χ4v) is 2.15. The van der Waals surface area contributed by atoms with Gasteiger partial charge >= 0.3 is 0 Å². The normalized spacial score (nSPS) is 25.1. The second-order valence-corrected chi connectivity index (χ2v) is 3.98. The average molecular weight is 216 g/mol. The molecule has 0 saturated carbocycles. The van der Waals surface area contributed by atoms with E-state index in [2.05, 4.69) is 0 Å². The van der Waals surface area contributed by atoms with Gasteiger partial charge in [-0.3, -0.25) is 0 Å². The van der Waals surface area contributed by atoms with E-state index in [1.165, 1.54) is 0 Å². The SMILES string of the molecule is CC1CC[C@H](O)c2c(F)c(F)cc(F)c21. The highest BCUT2D eigenvalue weighted by atomic mass is 19.2. The van der Waals surface area contributed by atoms with E-state index < -0.39 is 23.6 Å². The predicted molar refractivity (Wildman–Crippen MR) is 48.9 cm³/mol. The van der Waals surface area contributed by atoms with Gasteiger partial charge in [0.1, 0.15) is 5.82 Å². The summed E-state index contributed by atoms with van der Waals surface area (Å²) in [6.07, 6.45) is -0.175. The lowest BCUT2D eigenvalue weighted by atomic mass is 9.81. The molecule has 0 radical (unpaired) electrons. The first kappa shape index (κ1) is 10.5. The number of halogens is 3. The second kappa shape index (κ2) is 3.52.